The number of hydrogen-bond donors (Lipinski definition) is 3. The van der Waals surface area contributed by atoms with E-state index in [-0.39, 0.29) is 5.91 Å². The van der Waals surface area contributed by atoms with E-state index in [0.717, 1.165) is 35.9 Å². The number of aliphatic hydroxyl groups excluding tert-OH is 1. The van der Waals surface area contributed by atoms with Gasteiger partial charge in [0.25, 0.3) is 0 Å². The molecule has 2 aromatic rings. The highest BCUT2D eigenvalue weighted by Gasteiger charge is 2.46. The van der Waals surface area contributed by atoms with Crippen LogP contribution in [0, 0.1) is 23.2 Å². The van der Waals surface area contributed by atoms with Gasteiger partial charge < -0.3 is 20.1 Å². The average Bonchev–Trinajstić information content (AvgIpc) is 3.39. The number of alkyl halides is 3. The Labute approximate surface area is 196 Å². The van der Waals surface area contributed by atoms with E-state index in [4.69, 9.17) is 4.74 Å². The Hall–Kier alpha value is -2.26. The Kier molecular flexibility index (Phi) is 6.04. The quantitative estimate of drug-likeness (QED) is 0.544. The second kappa shape index (κ2) is 8.75. The molecular weight excluding hydrogens is 447 g/mol. The third kappa shape index (κ3) is 4.91. The van der Waals surface area contributed by atoms with Gasteiger partial charge in [-0.2, -0.15) is 13.2 Å². The number of hydrogen-bond acceptors (Lipinski definition) is 4. The lowest BCUT2D eigenvalue weighted by Gasteiger charge is -2.40. The van der Waals surface area contributed by atoms with Gasteiger partial charge in [-0.25, -0.2) is 0 Å². The number of fused-ring (bicyclic) bond motifs is 2. The number of carbonyl (C=O) groups is 1. The van der Waals surface area contributed by atoms with Crippen molar-refractivity contribution in [2.24, 2.45) is 23.2 Å². The van der Waals surface area contributed by atoms with Gasteiger partial charge in [0.05, 0.1) is 30.4 Å². The maximum Gasteiger partial charge on any atom is 0.401 e. The van der Waals surface area contributed by atoms with Crippen molar-refractivity contribution in [3.8, 4) is 5.75 Å². The van der Waals surface area contributed by atoms with Gasteiger partial charge in [-0.15, -0.1) is 0 Å². The van der Waals surface area contributed by atoms with Crippen LogP contribution in [0.15, 0.2) is 24.4 Å². The molecule has 6 nitrogen and oxygen atoms in total. The first-order valence-corrected chi connectivity index (χ1v) is 12.1. The van der Waals surface area contributed by atoms with E-state index in [1.54, 1.807) is 11.1 Å². The third-order valence-electron chi connectivity index (χ3n) is 7.94. The van der Waals surface area contributed by atoms with Gasteiger partial charge >= 0.3 is 6.18 Å². The number of benzene rings is 1. The zero-order valence-corrected chi connectivity index (χ0v) is 19.3. The van der Waals surface area contributed by atoms with Crippen LogP contribution in [0.25, 0.3) is 10.9 Å². The lowest BCUT2D eigenvalue weighted by molar-refractivity contribution is -0.144. The number of nitrogens with zero attached hydrogens (tertiary/aromatic N) is 1. The average molecular weight is 480 g/mol. The molecule has 1 saturated heterocycles. The topological polar surface area (TPSA) is 77.6 Å². The second-order valence-electron chi connectivity index (χ2n) is 10.8. The molecule has 1 amide bonds. The minimum absolute atomic E-state index is 0.0920. The number of nitrogens with one attached hydrogen (secondary N) is 2. The van der Waals surface area contributed by atoms with Crippen LogP contribution in [-0.4, -0.2) is 59.4 Å². The van der Waals surface area contributed by atoms with Gasteiger partial charge in [0.15, 0.2) is 0 Å². The molecule has 2 heterocycles. The van der Waals surface area contributed by atoms with Gasteiger partial charge in [-0.05, 0) is 68.1 Å². The number of H-pyrrole nitrogens is 1. The smallest absolute Gasteiger partial charge is 0.401 e. The van der Waals surface area contributed by atoms with Crippen LogP contribution in [0.2, 0.25) is 0 Å². The maximum atomic E-state index is 12.7. The van der Waals surface area contributed by atoms with Crippen molar-refractivity contribution in [1.82, 2.24) is 9.88 Å². The summed E-state index contributed by atoms with van der Waals surface area (Å²) in [7, 11) is 0. The van der Waals surface area contributed by atoms with Crippen LogP contribution in [0.1, 0.15) is 39.0 Å². The predicted molar refractivity (Wildman–Crippen MR) is 123 cm³/mol. The first-order chi connectivity index (χ1) is 16.1. The summed E-state index contributed by atoms with van der Waals surface area (Å²) >= 11 is 0. The van der Waals surface area contributed by atoms with Crippen molar-refractivity contribution in [3.05, 3.63) is 24.4 Å². The first kappa shape index (κ1) is 23.5. The van der Waals surface area contributed by atoms with Gasteiger partial charge in [-0.3, -0.25) is 9.69 Å². The molecule has 1 aliphatic heterocycles. The number of aromatic nitrogens is 1. The SMILES string of the molecule is C[C@]1(C(=O)Nc2c[nH]c3ccc(OCC[C@@H]4C[C@@H]5CN(CC(F)(F)F)C[C@@H]5C4)cc23)C[C@@H](O)C1. The van der Waals surface area contributed by atoms with E-state index in [1.165, 1.54) is 0 Å². The minimum atomic E-state index is -4.12. The monoisotopic (exact) mass is 479 g/mol. The molecule has 3 N–H and O–H groups in total. The highest BCUT2D eigenvalue weighted by molar-refractivity contribution is 6.04. The van der Waals surface area contributed by atoms with E-state index in [2.05, 4.69) is 10.3 Å². The van der Waals surface area contributed by atoms with Crippen LogP contribution in [-0.2, 0) is 4.79 Å². The molecule has 1 aromatic carbocycles. The highest BCUT2D eigenvalue weighted by Crippen LogP contribution is 2.44. The van der Waals surface area contributed by atoms with Gasteiger partial charge in [-0.1, -0.05) is 6.92 Å². The number of ether oxygens (including phenoxy) is 1. The number of aromatic amines is 1. The molecule has 0 spiro atoms. The number of rotatable bonds is 7. The number of likely N-dealkylation sites (tertiary alicyclic amines) is 1. The van der Waals surface area contributed by atoms with E-state index in [9.17, 15) is 23.1 Å². The fourth-order valence-electron chi connectivity index (χ4n) is 6.22. The third-order valence-corrected chi connectivity index (χ3v) is 7.94. The first-order valence-electron chi connectivity index (χ1n) is 12.1. The minimum Gasteiger partial charge on any atom is -0.494 e. The molecule has 34 heavy (non-hydrogen) atoms. The number of carbonyl (C=O) groups excluding carboxylic acids is 1. The van der Waals surface area contributed by atoms with Gasteiger partial charge in [0.2, 0.25) is 5.91 Å². The lowest BCUT2D eigenvalue weighted by Crippen LogP contribution is -2.47. The van der Waals surface area contributed by atoms with Crippen LogP contribution in [0.5, 0.6) is 5.75 Å². The van der Waals surface area contributed by atoms with Gasteiger partial charge in [0.1, 0.15) is 5.75 Å². The molecule has 1 aromatic heterocycles. The van der Waals surface area contributed by atoms with E-state index in [0.29, 0.717) is 56.0 Å². The summed E-state index contributed by atoms with van der Waals surface area (Å²) in [5.41, 5.74) is 1.05. The van der Waals surface area contributed by atoms with Crippen LogP contribution < -0.4 is 10.1 Å². The molecule has 3 fully saturated rings. The van der Waals surface area contributed by atoms with E-state index >= 15 is 0 Å². The fourth-order valence-corrected chi connectivity index (χ4v) is 6.22. The van der Waals surface area contributed by atoms with Crippen molar-refractivity contribution in [1.29, 1.82) is 0 Å². The fraction of sp³-hybridized carbons (Fsp3) is 0.640. The predicted octanol–water partition coefficient (Wildman–Crippen LogP) is 4.56. The zero-order valence-electron chi connectivity index (χ0n) is 19.3. The van der Waals surface area contributed by atoms with Crippen molar-refractivity contribution in [3.63, 3.8) is 0 Å². The van der Waals surface area contributed by atoms with Crippen molar-refractivity contribution in [2.45, 2.75) is 51.3 Å². The largest absolute Gasteiger partial charge is 0.494 e. The Morgan fingerprint density at radius 2 is 1.97 bits per heavy atom. The molecule has 3 aliphatic rings. The van der Waals surface area contributed by atoms with Crippen molar-refractivity contribution < 1.29 is 27.8 Å². The van der Waals surface area contributed by atoms with E-state index in [1.807, 2.05) is 25.1 Å². The highest BCUT2D eigenvalue weighted by atomic mass is 19.4. The van der Waals surface area contributed by atoms with Crippen molar-refractivity contribution >= 4 is 22.5 Å². The molecule has 9 heteroatoms. The summed E-state index contributed by atoms with van der Waals surface area (Å²) in [5, 5.41) is 13.4. The number of halogens is 3. The molecule has 3 atom stereocenters. The summed E-state index contributed by atoms with van der Waals surface area (Å²) in [5.74, 6) is 1.86. The lowest BCUT2D eigenvalue weighted by atomic mass is 9.67. The second-order valence-corrected chi connectivity index (χ2v) is 10.8. The molecule has 0 bridgehead atoms. The summed E-state index contributed by atoms with van der Waals surface area (Å²) in [6.45, 7) is 2.74. The molecular formula is C25H32F3N3O3. The van der Waals surface area contributed by atoms with Crippen LogP contribution in [0.3, 0.4) is 0 Å². The van der Waals surface area contributed by atoms with Crippen LogP contribution >= 0.6 is 0 Å². The van der Waals surface area contributed by atoms with Crippen LogP contribution in [0.4, 0.5) is 18.9 Å². The normalized spacial score (nSPS) is 31.4. The molecule has 2 saturated carbocycles. The molecule has 0 radical (unpaired) electrons. The standard InChI is InChI=1S/C25H32F3N3O3/c1-24(9-18(32)10-24)23(33)30-22-11-29-21-3-2-19(8-20(21)22)34-5-4-15-6-16-12-31(13-17(16)7-15)14-25(26,27)28/h2-3,8,11,15-18,29,32H,4-7,9-10,12-14H2,1H3,(H,30,33)/t15-,16-,17+,18-,24+. The summed E-state index contributed by atoms with van der Waals surface area (Å²) in [6.07, 6.45) is 1.03. The maximum absolute atomic E-state index is 12.7. The Balaban J connectivity index is 1.12. The Morgan fingerprint density at radius 3 is 2.62 bits per heavy atom. The summed E-state index contributed by atoms with van der Waals surface area (Å²) in [4.78, 5) is 17.4. The summed E-state index contributed by atoms with van der Waals surface area (Å²) < 4.78 is 44.0. The molecule has 0 unspecified atom stereocenters. The molecule has 186 valence electrons. The Bertz CT molecular complexity index is 1030. The number of aliphatic hydroxyl groups is 1. The Morgan fingerprint density at radius 1 is 1.26 bits per heavy atom. The number of anilines is 1. The molecule has 2 aliphatic carbocycles. The summed E-state index contributed by atoms with van der Waals surface area (Å²) in [6, 6.07) is 5.73. The molecule has 5 rings (SSSR count). The van der Waals surface area contributed by atoms with Gasteiger partial charge in [0, 0.05) is 30.2 Å². The number of amides is 1. The van der Waals surface area contributed by atoms with Crippen molar-refractivity contribution in [2.75, 3.05) is 31.6 Å². The zero-order chi connectivity index (χ0) is 24.1. The van der Waals surface area contributed by atoms with E-state index < -0.39 is 24.2 Å².